The van der Waals surface area contributed by atoms with Crippen LogP contribution in [0.15, 0.2) is 29.3 Å². The third-order valence-corrected chi connectivity index (χ3v) is 2.28. The van der Waals surface area contributed by atoms with Crippen LogP contribution in [0.5, 0.6) is 0 Å². The Labute approximate surface area is 89.7 Å². The van der Waals surface area contributed by atoms with Crippen LogP contribution in [0.25, 0.3) is 5.57 Å². The van der Waals surface area contributed by atoms with Crippen molar-refractivity contribution in [3.05, 3.63) is 44.9 Å². The molecule has 0 unspecified atom stereocenters. The summed E-state index contributed by atoms with van der Waals surface area (Å²) in [5.74, 6) is 0. The zero-order chi connectivity index (χ0) is 10.7. The Hall–Kier alpha value is -1.20. The summed E-state index contributed by atoms with van der Waals surface area (Å²) < 4.78 is 0.665. The molecule has 0 radical (unpaired) electrons. The van der Waals surface area contributed by atoms with E-state index in [2.05, 4.69) is 22.5 Å². The van der Waals surface area contributed by atoms with Crippen molar-refractivity contribution in [3.63, 3.8) is 0 Å². The quantitative estimate of drug-likeness (QED) is 0.667. The van der Waals surface area contributed by atoms with E-state index in [1.165, 1.54) is 6.07 Å². The summed E-state index contributed by atoms with van der Waals surface area (Å²) in [4.78, 5) is 10.3. The van der Waals surface area contributed by atoms with E-state index >= 15 is 0 Å². The summed E-state index contributed by atoms with van der Waals surface area (Å²) in [6.45, 7) is 3.88. The number of nitro groups is 1. The van der Waals surface area contributed by atoms with Crippen LogP contribution in [-0.4, -0.2) is 11.5 Å². The smallest absolute Gasteiger partial charge is 0.278 e. The van der Waals surface area contributed by atoms with E-state index in [0.717, 1.165) is 0 Å². The first-order chi connectivity index (χ1) is 6.56. The van der Waals surface area contributed by atoms with Gasteiger partial charge in [-0.1, -0.05) is 22.5 Å². The number of nitro benzene ring substituents is 1. The molecule has 0 saturated heterocycles. The highest BCUT2D eigenvalue weighted by molar-refractivity contribution is 9.10. The van der Waals surface area contributed by atoms with Gasteiger partial charge in [-0.15, -0.1) is 0 Å². The normalized spacial score (nSPS) is 9.86. The summed E-state index contributed by atoms with van der Waals surface area (Å²) >= 11 is 3.17. The highest BCUT2D eigenvalue weighted by Gasteiger charge is 2.15. The molecule has 0 aliphatic heterocycles. The first-order valence-corrected chi connectivity index (χ1v) is 4.67. The SMILES string of the molecule is C=C(CN)c1ccc(Br)cc1[N+](=O)[O-]. The van der Waals surface area contributed by atoms with Crippen LogP contribution >= 0.6 is 15.9 Å². The Balaban J connectivity index is 3.28. The van der Waals surface area contributed by atoms with Crippen molar-refractivity contribution < 1.29 is 4.92 Å². The zero-order valence-corrected chi connectivity index (χ0v) is 8.95. The van der Waals surface area contributed by atoms with Gasteiger partial charge in [-0.2, -0.15) is 0 Å². The van der Waals surface area contributed by atoms with Crippen molar-refractivity contribution in [1.29, 1.82) is 0 Å². The van der Waals surface area contributed by atoms with Gasteiger partial charge in [-0.25, -0.2) is 0 Å². The van der Waals surface area contributed by atoms with E-state index in [9.17, 15) is 10.1 Å². The van der Waals surface area contributed by atoms with E-state index in [-0.39, 0.29) is 12.2 Å². The molecule has 0 aromatic heterocycles. The van der Waals surface area contributed by atoms with Gasteiger partial charge in [-0.05, 0) is 17.7 Å². The summed E-state index contributed by atoms with van der Waals surface area (Å²) in [5.41, 5.74) is 6.45. The Kier molecular flexibility index (Phi) is 3.38. The van der Waals surface area contributed by atoms with Gasteiger partial charge in [0.25, 0.3) is 5.69 Å². The molecule has 0 aliphatic carbocycles. The molecular formula is C9H9BrN2O2. The number of nitrogens with zero attached hydrogens (tertiary/aromatic N) is 1. The molecule has 1 aromatic rings. The maximum absolute atomic E-state index is 10.7. The second kappa shape index (κ2) is 4.34. The lowest BCUT2D eigenvalue weighted by atomic mass is 10.1. The lowest BCUT2D eigenvalue weighted by Crippen LogP contribution is -2.03. The van der Waals surface area contributed by atoms with Gasteiger partial charge in [-0.3, -0.25) is 10.1 Å². The molecule has 1 aromatic carbocycles. The monoisotopic (exact) mass is 256 g/mol. The third-order valence-electron chi connectivity index (χ3n) is 1.78. The molecule has 0 bridgehead atoms. The molecule has 5 heteroatoms. The third kappa shape index (κ3) is 2.18. The van der Waals surface area contributed by atoms with Crippen LogP contribution < -0.4 is 5.73 Å². The molecular weight excluding hydrogens is 248 g/mol. The molecule has 14 heavy (non-hydrogen) atoms. The maximum atomic E-state index is 10.7. The predicted octanol–water partition coefficient (Wildman–Crippen LogP) is 2.33. The lowest BCUT2D eigenvalue weighted by molar-refractivity contribution is -0.385. The van der Waals surface area contributed by atoms with E-state index in [0.29, 0.717) is 15.6 Å². The van der Waals surface area contributed by atoms with Gasteiger partial charge < -0.3 is 5.73 Å². The van der Waals surface area contributed by atoms with E-state index in [1.807, 2.05) is 0 Å². The summed E-state index contributed by atoms with van der Waals surface area (Å²) in [6.07, 6.45) is 0. The zero-order valence-electron chi connectivity index (χ0n) is 7.37. The van der Waals surface area contributed by atoms with Gasteiger partial charge in [0, 0.05) is 17.1 Å². The largest absolute Gasteiger partial charge is 0.326 e. The molecule has 0 fully saturated rings. The van der Waals surface area contributed by atoms with Crippen molar-refractivity contribution in [3.8, 4) is 0 Å². The first-order valence-electron chi connectivity index (χ1n) is 3.88. The van der Waals surface area contributed by atoms with Crippen molar-refractivity contribution in [1.82, 2.24) is 0 Å². The molecule has 0 atom stereocenters. The van der Waals surface area contributed by atoms with Crippen LogP contribution in [0.1, 0.15) is 5.56 Å². The molecule has 2 N–H and O–H groups in total. The fraction of sp³-hybridized carbons (Fsp3) is 0.111. The molecule has 0 saturated carbocycles. The molecule has 4 nitrogen and oxygen atoms in total. The highest BCUT2D eigenvalue weighted by Crippen LogP contribution is 2.27. The summed E-state index contributed by atoms with van der Waals surface area (Å²) in [6, 6.07) is 4.80. The summed E-state index contributed by atoms with van der Waals surface area (Å²) in [5, 5.41) is 10.7. The second-order valence-electron chi connectivity index (χ2n) is 2.73. The molecule has 0 heterocycles. The van der Waals surface area contributed by atoms with Crippen LogP contribution in [0.3, 0.4) is 0 Å². The average molecular weight is 257 g/mol. The maximum Gasteiger partial charge on any atom is 0.278 e. The molecule has 74 valence electrons. The Bertz CT molecular complexity index is 390. The van der Waals surface area contributed by atoms with Gasteiger partial charge in [0.15, 0.2) is 0 Å². The molecule has 0 amide bonds. The predicted molar refractivity (Wildman–Crippen MR) is 58.9 cm³/mol. The average Bonchev–Trinajstić information content (AvgIpc) is 2.16. The number of nitrogens with two attached hydrogens (primary N) is 1. The standard InChI is InChI=1S/C9H9BrN2O2/c1-6(5-11)8-3-2-7(10)4-9(8)12(13)14/h2-4H,1,5,11H2. The van der Waals surface area contributed by atoms with Gasteiger partial charge >= 0.3 is 0 Å². The van der Waals surface area contributed by atoms with Crippen LogP contribution in [-0.2, 0) is 0 Å². The van der Waals surface area contributed by atoms with E-state index in [4.69, 9.17) is 5.73 Å². The highest BCUT2D eigenvalue weighted by atomic mass is 79.9. The minimum absolute atomic E-state index is 0.0230. The number of hydrogen-bond donors (Lipinski definition) is 1. The number of halogens is 1. The fourth-order valence-electron chi connectivity index (χ4n) is 1.06. The molecule has 1 rings (SSSR count). The Morgan fingerprint density at radius 1 is 1.64 bits per heavy atom. The molecule has 0 aliphatic rings. The van der Waals surface area contributed by atoms with Crippen molar-refractivity contribution in [2.75, 3.05) is 6.54 Å². The van der Waals surface area contributed by atoms with Crippen molar-refractivity contribution in [2.45, 2.75) is 0 Å². The van der Waals surface area contributed by atoms with Gasteiger partial charge in [0.2, 0.25) is 0 Å². The number of hydrogen-bond acceptors (Lipinski definition) is 3. The second-order valence-corrected chi connectivity index (χ2v) is 3.64. The van der Waals surface area contributed by atoms with E-state index in [1.54, 1.807) is 12.1 Å². The minimum Gasteiger partial charge on any atom is -0.326 e. The van der Waals surface area contributed by atoms with Crippen LogP contribution in [0.4, 0.5) is 5.69 Å². The number of rotatable bonds is 3. The topological polar surface area (TPSA) is 69.2 Å². The lowest BCUT2D eigenvalue weighted by Gasteiger charge is -2.04. The van der Waals surface area contributed by atoms with Crippen LogP contribution in [0.2, 0.25) is 0 Å². The van der Waals surface area contributed by atoms with Gasteiger partial charge in [0.1, 0.15) is 0 Å². The first kappa shape index (κ1) is 10.9. The summed E-state index contributed by atoms with van der Waals surface area (Å²) in [7, 11) is 0. The van der Waals surface area contributed by atoms with E-state index < -0.39 is 4.92 Å². The van der Waals surface area contributed by atoms with Crippen molar-refractivity contribution in [2.24, 2.45) is 5.73 Å². The number of benzene rings is 1. The molecule has 0 spiro atoms. The van der Waals surface area contributed by atoms with Crippen LogP contribution in [0, 0.1) is 10.1 Å². The fourth-order valence-corrected chi connectivity index (χ4v) is 1.41. The Morgan fingerprint density at radius 3 is 2.79 bits per heavy atom. The van der Waals surface area contributed by atoms with Gasteiger partial charge in [0.05, 0.1) is 10.5 Å². The minimum atomic E-state index is -0.444. The van der Waals surface area contributed by atoms with Crippen molar-refractivity contribution >= 4 is 27.2 Å². The Morgan fingerprint density at radius 2 is 2.29 bits per heavy atom.